The van der Waals surface area contributed by atoms with E-state index in [1.165, 1.54) is 11.1 Å². The minimum absolute atomic E-state index is 0.00138. The Morgan fingerprint density at radius 2 is 1.80 bits per heavy atom. The van der Waals surface area contributed by atoms with Crippen molar-refractivity contribution in [3.8, 4) is 0 Å². The molecule has 0 bridgehead atoms. The summed E-state index contributed by atoms with van der Waals surface area (Å²) in [5.74, 6) is 0.900. The number of fused-ring (bicyclic) bond motifs is 1. The molecule has 15 nitrogen and oxygen atoms in total. The minimum Gasteiger partial charge on any atom is -0.457 e. The number of nitrogens with one attached hydrogen (secondary N) is 2. The Morgan fingerprint density at radius 3 is 2.43 bits per heavy atom. The number of aliphatic hydroxyl groups excluding tert-OH is 2. The van der Waals surface area contributed by atoms with E-state index in [-0.39, 0.29) is 30.2 Å². The summed E-state index contributed by atoms with van der Waals surface area (Å²) < 4.78 is 13.1. The number of tetrazole rings is 1. The molecule has 1 saturated heterocycles. The maximum absolute atomic E-state index is 11.5. The molecule has 2 fully saturated rings. The van der Waals surface area contributed by atoms with Gasteiger partial charge in [-0.15, -0.1) is 10.2 Å². The lowest BCUT2D eigenvalue weighted by atomic mass is 9.91. The number of hydrogen-bond donors (Lipinski definition) is 4. The van der Waals surface area contributed by atoms with Crippen molar-refractivity contribution in [1.29, 1.82) is 0 Å². The summed E-state index contributed by atoms with van der Waals surface area (Å²) in [5, 5.41) is 40.5. The average Bonchev–Trinajstić information content (AvgIpc) is 3.86. The van der Waals surface area contributed by atoms with Crippen LogP contribution in [0.1, 0.15) is 54.5 Å². The first-order chi connectivity index (χ1) is 22.5. The van der Waals surface area contributed by atoms with Gasteiger partial charge in [0.1, 0.15) is 6.10 Å². The molecule has 238 valence electrons. The van der Waals surface area contributed by atoms with E-state index in [2.05, 4.69) is 55.3 Å². The standard InChI is InChI=1S/C31H34N10O5/c1-40-38-28(37-39-40)25-24(44)26(45-17-42)30(46-25)41-16-33-23-27(35-31(36-29(23)41)34-21-13-8-14-22(21)43)32-15-20(18-9-4-2-5-10-18)19-11-6-3-7-12-19/h2-7,9-12,16-17,20-22,24-26,30,43-44H,8,13-15H2,1H3,(H2,32,34,35,36)/t21?,22-,24-,25+,26-,30-/m1/s1. The monoisotopic (exact) mass is 626 g/mol. The zero-order valence-electron chi connectivity index (χ0n) is 25.0. The summed E-state index contributed by atoms with van der Waals surface area (Å²) in [5.41, 5.74) is 3.08. The molecule has 4 N–H and O–H groups in total. The van der Waals surface area contributed by atoms with Crippen LogP contribution in [-0.4, -0.2) is 87.3 Å². The van der Waals surface area contributed by atoms with E-state index >= 15 is 0 Å². The van der Waals surface area contributed by atoms with Gasteiger partial charge < -0.3 is 30.3 Å². The fraction of sp³-hybridized carbons (Fsp3) is 0.387. The molecule has 2 aliphatic rings. The molecule has 1 unspecified atom stereocenters. The molecule has 4 heterocycles. The van der Waals surface area contributed by atoms with Crippen molar-refractivity contribution >= 4 is 29.4 Å². The number of imidazole rings is 1. The van der Waals surface area contributed by atoms with Crippen LogP contribution >= 0.6 is 0 Å². The van der Waals surface area contributed by atoms with Gasteiger partial charge in [-0.05, 0) is 35.6 Å². The van der Waals surface area contributed by atoms with Crippen LogP contribution < -0.4 is 10.6 Å². The molecule has 2 aromatic carbocycles. The number of rotatable bonds is 11. The summed E-state index contributed by atoms with van der Waals surface area (Å²) in [4.78, 5) is 27.0. The molecule has 1 aliphatic heterocycles. The highest BCUT2D eigenvalue weighted by molar-refractivity contribution is 5.84. The van der Waals surface area contributed by atoms with Gasteiger partial charge in [-0.2, -0.15) is 14.8 Å². The Balaban J connectivity index is 1.27. The third-order valence-electron chi connectivity index (χ3n) is 8.57. The van der Waals surface area contributed by atoms with Crippen molar-refractivity contribution in [2.45, 2.75) is 61.9 Å². The molecule has 1 aliphatic carbocycles. The zero-order valence-corrected chi connectivity index (χ0v) is 25.0. The summed E-state index contributed by atoms with van der Waals surface area (Å²) in [7, 11) is 1.60. The first-order valence-electron chi connectivity index (χ1n) is 15.2. The van der Waals surface area contributed by atoms with Crippen molar-refractivity contribution in [2.24, 2.45) is 7.05 Å². The smallest absolute Gasteiger partial charge is 0.293 e. The van der Waals surface area contributed by atoms with Crippen molar-refractivity contribution in [2.75, 3.05) is 17.2 Å². The quantitative estimate of drug-likeness (QED) is 0.156. The Kier molecular flexibility index (Phi) is 8.26. The van der Waals surface area contributed by atoms with Crippen molar-refractivity contribution in [1.82, 2.24) is 39.7 Å². The molecule has 7 rings (SSSR count). The second-order valence-corrected chi connectivity index (χ2v) is 11.5. The third kappa shape index (κ3) is 5.75. The molecule has 6 atom stereocenters. The maximum Gasteiger partial charge on any atom is 0.293 e. The van der Waals surface area contributed by atoms with Crippen LogP contribution in [-0.2, 0) is 21.3 Å². The zero-order chi connectivity index (χ0) is 31.6. The lowest BCUT2D eigenvalue weighted by Gasteiger charge is -2.22. The van der Waals surface area contributed by atoms with Crippen molar-refractivity contribution in [3.63, 3.8) is 0 Å². The molecule has 15 heteroatoms. The first-order valence-corrected chi connectivity index (χ1v) is 15.2. The van der Waals surface area contributed by atoms with Crippen LogP contribution in [0.15, 0.2) is 67.0 Å². The van der Waals surface area contributed by atoms with Gasteiger partial charge in [-0.1, -0.05) is 60.7 Å². The van der Waals surface area contributed by atoms with E-state index < -0.39 is 30.6 Å². The highest BCUT2D eigenvalue weighted by Crippen LogP contribution is 2.40. The van der Waals surface area contributed by atoms with E-state index in [0.717, 1.165) is 24.0 Å². The predicted molar refractivity (Wildman–Crippen MR) is 164 cm³/mol. The molecule has 0 spiro atoms. The van der Waals surface area contributed by atoms with Gasteiger partial charge in [0, 0.05) is 12.5 Å². The largest absolute Gasteiger partial charge is 0.457 e. The molecular formula is C31H34N10O5. The number of ether oxygens (including phenoxy) is 2. The number of aryl methyl sites for hydroxylation is 1. The fourth-order valence-corrected chi connectivity index (χ4v) is 6.27. The Bertz CT molecular complexity index is 1750. The number of carbonyl (C=O) groups excluding carboxylic acids is 1. The van der Waals surface area contributed by atoms with Gasteiger partial charge in [-0.25, -0.2) is 4.98 Å². The number of anilines is 2. The summed E-state index contributed by atoms with van der Waals surface area (Å²) in [6, 6.07) is 20.2. The number of benzene rings is 2. The van der Waals surface area contributed by atoms with Crippen LogP contribution in [0.2, 0.25) is 0 Å². The molecule has 3 aromatic heterocycles. The third-order valence-corrected chi connectivity index (χ3v) is 8.57. The van der Waals surface area contributed by atoms with Crippen LogP contribution in [0.3, 0.4) is 0 Å². The van der Waals surface area contributed by atoms with Crippen LogP contribution in [0.5, 0.6) is 0 Å². The Morgan fingerprint density at radius 1 is 1.07 bits per heavy atom. The minimum atomic E-state index is -1.29. The van der Waals surface area contributed by atoms with E-state index in [1.54, 1.807) is 11.6 Å². The highest BCUT2D eigenvalue weighted by atomic mass is 16.6. The van der Waals surface area contributed by atoms with Gasteiger partial charge in [0.05, 0.1) is 25.5 Å². The Labute approximate surface area is 263 Å². The van der Waals surface area contributed by atoms with Gasteiger partial charge in [-0.3, -0.25) is 9.36 Å². The van der Waals surface area contributed by atoms with Gasteiger partial charge >= 0.3 is 0 Å². The molecular weight excluding hydrogens is 592 g/mol. The average molecular weight is 627 g/mol. The highest BCUT2D eigenvalue weighted by Gasteiger charge is 2.49. The molecule has 46 heavy (non-hydrogen) atoms. The first kappa shape index (κ1) is 29.7. The topological polar surface area (TPSA) is 187 Å². The van der Waals surface area contributed by atoms with Crippen LogP contribution in [0, 0.1) is 0 Å². The van der Waals surface area contributed by atoms with Gasteiger partial charge in [0.15, 0.2) is 35.4 Å². The molecule has 1 saturated carbocycles. The lowest BCUT2D eigenvalue weighted by Crippen LogP contribution is -2.32. The summed E-state index contributed by atoms with van der Waals surface area (Å²) >= 11 is 0. The van der Waals surface area contributed by atoms with Crippen molar-refractivity contribution in [3.05, 3.63) is 83.9 Å². The van der Waals surface area contributed by atoms with Crippen molar-refractivity contribution < 1.29 is 24.5 Å². The number of aliphatic hydroxyl groups is 2. The number of carbonyl (C=O) groups is 1. The van der Waals surface area contributed by atoms with E-state index in [0.29, 0.717) is 29.9 Å². The summed E-state index contributed by atoms with van der Waals surface area (Å²) in [6.07, 6.45) is -1.13. The van der Waals surface area contributed by atoms with Gasteiger partial charge in [0.2, 0.25) is 11.8 Å². The number of nitrogens with zero attached hydrogens (tertiary/aromatic N) is 8. The second kappa shape index (κ2) is 12.8. The van der Waals surface area contributed by atoms with E-state index in [9.17, 15) is 15.0 Å². The Hall–Kier alpha value is -4.99. The molecule has 0 radical (unpaired) electrons. The molecule has 5 aromatic rings. The lowest BCUT2D eigenvalue weighted by molar-refractivity contribution is -0.142. The fourth-order valence-electron chi connectivity index (χ4n) is 6.27. The maximum atomic E-state index is 11.5. The normalized spacial score (nSPS) is 24.4. The van der Waals surface area contributed by atoms with Crippen LogP contribution in [0.25, 0.3) is 11.2 Å². The number of aromatic nitrogens is 8. The second-order valence-electron chi connectivity index (χ2n) is 11.5. The van der Waals surface area contributed by atoms with E-state index in [4.69, 9.17) is 19.4 Å². The van der Waals surface area contributed by atoms with Gasteiger partial charge in [0.25, 0.3) is 6.47 Å². The number of hydrogen-bond acceptors (Lipinski definition) is 13. The van der Waals surface area contributed by atoms with Crippen LogP contribution in [0.4, 0.5) is 11.8 Å². The summed E-state index contributed by atoms with van der Waals surface area (Å²) in [6.45, 7) is 0.758. The predicted octanol–water partition coefficient (Wildman–Crippen LogP) is 2.09. The SMILES string of the molecule is Cn1nnc([C@H]2O[C@@H](n3cnc4c(NCC(c5ccccc5)c5ccccc5)nc(NC5CCC[C@H]5O)nc43)[C@H](OC=O)[C@@H]2O)n1. The van der Waals surface area contributed by atoms with E-state index in [1.807, 2.05) is 36.4 Å². The molecule has 0 amide bonds.